The Labute approximate surface area is 217 Å². The molecule has 1 aromatic heterocycles. The fraction of sp³-hybridized carbons (Fsp3) is 0.538. The number of oxime groups is 1. The molecule has 11 nitrogen and oxygen atoms in total. The smallest absolute Gasteiger partial charge is 0.331 e. The van der Waals surface area contributed by atoms with E-state index in [1.54, 1.807) is 59.1 Å². The van der Waals surface area contributed by atoms with Crippen molar-refractivity contribution in [2.45, 2.75) is 66.0 Å². The van der Waals surface area contributed by atoms with Crippen molar-refractivity contribution in [3.8, 4) is 5.75 Å². The molecule has 0 fully saturated rings. The lowest BCUT2D eigenvalue weighted by atomic mass is 10.0. The van der Waals surface area contributed by atoms with Crippen molar-refractivity contribution in [3.63, 3.8) is 0 Å². The fourth-order valence-corrected chi connectivity index (χ4v) is 3.56. The number of rotatable bonds is 11. The summed E-state index contributed by atoms with van der Waals surface area (Å²) in [5, 5.41) is 17.9. The molecule has 204 valence electrons. The number of aliphatic hydroxyl groups is 1. The molecule has 1 aromatic carbocycles. The van der Waals surface area contributed by atoms with Crippen molar-refractivity contribution in [2.24, 2.45) is 11.1 Å². The number of methoxy groups -OCH3 is 1. The molecule has 0 aliphatic heterocycles. The molecular weight excluding hydrogens is 478 g/mol. The lowest BCUT2D eigenvalue weighted by Gasteiger charge is -2.25. The van der Waals surface area contributed by atoms with E-state index in [0.717, 1.165) is 4.57 Å². The topological polar surface area (TPSA) is 127 Å². The molecule has 0 aliphatic rings. The summed E-state index contributed by atoms with van der Waals surface area (Å²) < 4.78 is 7.69. The molecule has 0 saturated carbocycles. The highest BCUT2D eigenvalue weighted by Gasteiger charge is 2.23. The highest BCUT2D eigenvalue weighted by atomic mass is 16.6. The fourth-order valence-electron chi connectivity index (χ4n) is 3.56. The van der Waals surface area contributed by atoms with E-state index in [0.29, 0.717) is 11.3 Å². The number of para-hydroxylation sites is 1. The van der Waals surface area contributed by atoms with Crippen molar-refractivity contribution in [1.29, 1.82) is 0 Å². The standard InChI is InChI=1S/C26H39N5O6/c1-16(2)21(27-25(34)29(6)7)14-31-24(33)20(18(5)28-37-17(3)4)13-30(26(31)35)15-22(32)19-11-9-10-12-23(19)36-8/h9-13,16-17,21-22,32H,14-15H2,1-8H3,(H,27,34)/b28-18+/t21-,22?/m1/s1. The summed E-state index contributed by atoms with van der Waals surface area (Å²) >= 11 is 0. The van der Waals surface area contributed by atoms with Crippen LogP contribution in [0.2, 0.25) is 0 Å². The van der Waals surface area contributed by atoms with E-state index in [-0.39, 0.29) is 42.4 Å². The molecule has 0 bridgehead atoms. The molecule has 2 aromatic rings. The lowest BCUT2D eigenvalue weighted by molar-refractivity contribution is 0.0859. The molecule has 2 atom stereocenters. The molecule has 2 N–H and O–H groups in total. The van der Waals surface area contributed by atoms with Crippen molar-refractivity contribution in [2.75, 3.05) is 21.2 Å². The maximum atomic E-state index is 13.5. The van der Waals surface area contributed by atoms with Gasteiger partial charge < -0.3 is 24.9 Å². The Balaban J connectivity index is 2.62. The predicted octanol–water partition coefficient (Wildman–Crippen LogP) is 2.20. The van der Waals surface area contributed by atoms with E-state index in [1.807, 2.05) is 13.8 Å². The number of aliphatic hydroxyl groups excluding tert-OH is 1. The third-order valence-electron chi connectivity index (χ3n) is 5.79. The van der Waals surface area contributed by atoms with Gasteiger partial charge in [0.25, 0.3) is 5.56 Å². The summed E-state index contributed by atoms with van der Waals surface area (Å²) in [5.74, 6) is 0.399. The third-order valence-corrected chi connectivity index (χ3v) is 5.79. The number of carbonyl (C=O) groups excluding carboxylic acids is 1. The summed E-state index contributed by atoms with van der Waals surface area (Å²) in [6, 6.07) is 6.12. The van der Waals surface area contributed by atoms with Gasteiger partial charge in [0.05, 0.1) is 37.5 Å². The van der Waals surface area contributed by atoms with Crippen molar-refractivity contribution in [3.05, 3.63) is 62.4 Å². The number of nitrogens with zero attached hydrogens (tertiary/aromatic N) is 4. The van der Waals surface area contributed by atoms with Crippen molar-refractivity contribution in [1.82, 2.24) is 19.4 Å². The van der Waals surface area contributed by atoms with Gasteiger partial charge in [-0.05, 0) is 32.8 Å². The highest BCUT2D eigenvalue weighted by molar-refractivity contribution is 5.97. The SMILES string of the molecule is COc1ccccc1C(O)Cn1cc(/C(C)=N/OC(C)C)c(=O)n(C[C@@H](NC(=O)N(C)C)C(C)C)c1=O. The Kier molecular flexibility index (Phi) is 10.5. The van der Waals surface area contributed by atoms with E-state index in [9.17, 15) is 19.5 Å². The normalized spacial score (nSPS) is 13.4. The molecule has 1 unspecified atom stereocenters. The second-order valence-electron chi connectivity index (χ2n) is 9.68. The first kappa shape index (κ1) is 29.6. The Morgan fingerprint density at radius 1 is 1.14 bits per heavy atom. The minimum Gasteiger partial charge on any atom is -0.496 e. The molecule has 11 heteroatoms. The lowest BCUT2D eigenvalue weighted by Crippen LogP contribution is -2.51. The van der Waals surface area contributed by atoms with Crippen LogP contribution in [0.15, 0.2) is 45.2 Å². The zero-order valence-electron chi connectivity index (χ0n) is 22.9. The molecule has 1 heterocycles. The van der Waals surface area contributed by atoms with Gasteiger partial charge in [0, 0.05) is 25.9 Å². The third kappa shape index (κ3) is 7.69. The Morgan fingerprint density at radius 3 is 2.35 bits per heavy atom. The van der Waals surface area contributed by atoms with Gasteiger partial charge in [-0.2, -0.15) is 0 Å². The maximum Gasteiger partial charge on any atom is 0.331 e. The Hall–Kier alpha value is -3.60. The number of amides is 2. The van der Waals surface area contributed by atoms with Gasteiger partial charge in [-0.15, -0.1) is 0 Å². The van der Waals surface area contributed by atoms with E-state index in [1.165, 1.54) is 22.8 Å². The summed E-state index contributed by atoms with van der Waals surface area (Å²) in [6.45, 7) is 8.81. The molecule has 0 saturated heterocycles. The van der Waals surface area contributed by atoms with Gasteiger partial charge in [0.1, 0.15) is 18.0 Å². The van der Waals surface area contributed by atoms with E-state index in [4.69, 9.17) is 9.57 Å². The second kappa shape index (κ2) is 13.1. The van der Waals surface area contributed by atoms with Crippen LogP contribution in [0.5, 0.6) is 5.75 Å². The first-order valence-electron chi connectivity index (χ1n) is 12.2. The number of benzene rings is 1. The zero-order valence-corrected chi connectivity index (χ0v) is 22.9. The van der Waals surface area contributed by atoms with Gasteiger partial charge in [-0.1, -0.05) is 37.2 Å². The average molecular weight is 518 g/mol. The number of hydrogen-bond acceptors (Lipinski definition) is 7. The van der Waals surface area contributed by atoms with Crippen LogP contribution in [0.1, 0.15) is 51.8 Å². The summed E-state index contributed by atoms with van der Waals surface area (Å²) in [7, 11) is 4.72. The molecule has 0 spiro atoms. The van der Waals surface area contributed by atoms with Crippen LogP contribution in [0, 0.1) is 5.92 Å². The molecule has 0 radical (unpaired) electrons. The zero-order chi connectivity index (χ0) is 27.9. The van der Waals surface area contributed by atoms with Crippen LogP contribution in [0.4, 0.5) is 4.79 Å². The minimum atomic E-state index is -1.09. The number of ether oxygens (including phenoxy) is 1. The first-order chi connectivity index (χ1) is 17.4. The Morgan fingerprint density at radius 2 is 1.78 bits per heavy atom. The maximum absolute atomic E-state index is 13.5. The van der Waals surface area contributed by atoms with Crippen LogP contribution in [0.3, 0.4) is 0 Å². The van der Waals surface area contributed by atoms with Crippen molar-refractivity contribution < 1.29 is 19.5 Å². The number of hydrogen-bond donors (Lipinski definition) is 2. The van der Waals surface area contributed by atoms with Crippen LogP contribution in [-0.2, 0) is 17.9 Å². The van der Waals surface area contributed by atoms with Crippen LogP contribution in [-0.4, -0.2) is 64.2 Å². The number of carbonyl (C=O) groups is 1. The van der Waals surface area contributed by atoms with Gasteiger partial charge in [0.15, 0.2) is 0 Å². The Bertz CT molecular complexity index is 1210. The first-order valence-corrected chi connectivity index (χ1v) is 12.2. The molecule has 0 aliphatic carbocycles. The minimum absolute atomic E-state index is 0.0637. The number of nitrogens with one attached hydrogen (secondary N) is 1. The molecule has 2 rings (SSSR count). The van der Waals surface area contributed by atoms with Crippen LogP contribution >= 0.6 is 0 Å². The molecular formula is C26H39N5O6. The van der Waals surface area contributed by atoms with E-state index >= 15 is 0 Å². The monoisotopic (exact) mass is 517 g/mol. The number of urea groups is 1. The van der Waals surface area contributed by atoms with Gasteiger partial charge >= 0.3 is 11.7 Å². The van der Waals surface area contributed by atoms with Gasteiger partial charge in [-0.3, -0.25) is 13.9 Å². The van der Waals surface area contributed by atoms with E-state index in [2.05, 4.69) is 10.5 Å². The summed E-state index contributed by atoms with van der Waals surface area (Å²) in [5.41, 5.74) is -0.250. The van der Waals surface area contributed by atoms with E-state index < -0.39 is 23.4 Å². The van der Waals surface area contributed by atoms with Gasteiger partial charge in [-0.25, -0.2) is 9.59 Å². The largest absolute Gasteiger partial charge is 0.496 e. The molecule has 2 amide bonds. The summed E-state index contributed by atoms with van der Waals surface area (Å²) in [4.78, 5) is 46.0. The average Bonchev–Trinajstić information content (AvgIpc) is 2.85. The van der Waals surface area contributed by atoms with Gasteiger partial charge in [0.2, 0.25) is 0 Å². The number of aromatic nitrogens is 2. The highest BCUT2D eigenvalue weighted by Crippen LogP contribution is 2.25. The van der Waals surface area contributed by atoms with Crippen molar-refractivity contribution >= 4 is 11.7 Å². The predicted molar refractivity (Wildman–Crippen MR) is 142 cm³/mol. The van der Waals surface area contributed by atoms with Crippen LogP contribution in [0.25, 0.3) is 0 Å². The summed E-state index contributed by atoms with van der Waals surface area (Å²) in [6.07, 6.45) is 0.0821. The van der Waals surface area contributed by atoms with Crippen LogP contribution < -0.4 is 21.3 Å². The quantitative estimate of drug-likeness (QED) is 0.348. The molecule has 37 heavy (non-hydrogen) atoms. The second-order valence-corrected chi connectivity index (χ2v) is 9.68.